The summed E-state index contributed by atoms with van der Waals surface area (Å²) in [5, 5.41) is 9.54. The molecule has 0 aliphatic rings. The molecule has 1 heterocycles. The van der Waals surface area contributed by atoms with Gasteiger partial charge >= 0.3 is 0 Å². The molecule has 0 saturated carbocycles. The lowest BCUT2D eigenvalue weighted by atomic mass is 10.1. The standard InChI is InChI=1S/C13H9ClN2O/c1-9-6-7-16(13(17)12(9)8-15)11-4-2-10(14)3-5-11/h2-7H,1H3. The molecule has 3 nitrogen and oxygen atoms in total. The largest absolute Gasteiger partial charge is 0.283 e. The van der Waals surface area contributed by atoms with Gasteiger partial charge in [0.25, 0.3) is 5.56 Å². The third kappa shape index (κ3) is 2.08. The van der Waals surface area contributed by atoms with Gasteiger partial charge in [-0.3, -0.25) is 9.36 Å². The van der Waals surface area contributed by atoms with Gasteiger partial charge in [0.05, 0.1) is 0 Å². The Hall–Kier alpha value is -2.05. The third-order valence-corrected chi connectivity index (χ3v) is 2.77. The summed E-state index contributed by atoms with van der Waals surface area (Å²) in [7, 11) is 0. The number of hydrogen-bond acceptors (Lipinski definition) is 2. The highest BCUT2D eigenvalue weighted by Gasteiger charge is 2.07. The molecule has 0 N–H and O–H groups in total. The number of rotatable bonds is 1. The molecule has 0 aliphatic heterocycles. The number of nitriles is 1. The van der Waals surface area contributed by atoms with Gasteiger partial charge in [-0.05, 0) is 42.8 Å². The molecule has 0 atom stereocenters. The maximum Gasteiger partial charge on any atom is 0.273 e. The van der Waals surface area contributed by atoms with Crippen LogP contribution in [0, 0.1) is 18.3 Å². The van der Waals surface area contributed by atoms with Crippen molar-refractivity contribution in [1.29, 1.82) is 5.26 Å². The van der Waals surface area contributed by atoms with Crippen LogP contribution in [0.5, 0.6) is 0 Å². The summed E-state index contributed by atoms with van der Waals surface area (Å²) in [4.78, 5) is 12.0. The highest BCUT2D eigenvalue weighted by atomic mass is 35.5. The number of benzene rings is 1. The summed E-state index contributed by atoms with van der Waals surface area (Å²) >= 11 is 5.78. The summed E-state index contributed by atoms with van der Waals surface area (Å²) in [5.41, 5.74) is 1.23. The molecule has 2 rings (SSSR count). The van der Waals surface area contributed by atoms with E-state index in [1.807, 2.05) is 6.07 Å². The zero-order valence-corrected chi connectivity index (χ0v) is 9.90. The smallest absolute Gasteiger partial charge is 0.273 e. The molecule has 0 radical (unpaired) electrons. The van der Waals surface area contributed by atoms with E-state index in [1.54, 1.807) is 43.5 Å². The summed E-state index contributed by atoms with van der Waals surface area (Å²) in [6.45, 7) is 1.74. The summed E-state index contributed by atoms with van der Waals surface area (Å²) in [6, 6.07) is 10.6. The van der Waals surface area contributed by atoms with E-state index in [4.69, 9.17) is 16.9 Å². The summed E-state index contributed by atoms with van der Waals surface area (Å²) in [5.74, 6) is 0. The van der Waals surface area contributed by atoms with Crippen LogP contribution in [-0.2, 0) is 0 Å². The first-order valence-corrected chi connectivity index (χ1v) is 5.39. The van der Waals surface area contributed by atoms with Crippen LogP contribution >= 0.6 is 11.6 Å². The van der Waals surface area contributed by atoms with Crippen LogP contribution in [-0.4, -0.2) is 4.57 Å². The average Bonchev–Trinajstić information content (AvgIpc) is 2.31. The molecule has 84 valence electrons. The fraction of sp³-hybridized carbons (Fsp3) is 0.0769. The number of hydrogen-bond donors (Lipinski definition) is 0. The molecule has 0 amide bonds. The van der Waals surface area contributed by atoms with Crippen molar-refractivity contribution in [2.75, 3.05) is 0 Å². The molecular weight excluding hydrogens is 236 g/mol. The molecule has 0 unspecified atom stereocenters. The second kappa shape index (κ2) is 4.44. The quantitative estimate of drug-likeness (QED) is 0.774. The topological polar surface area (TPSA) is 45.8 Å². The van der Waals surface area contributed by atoms with Crippen LogP contribution in [0.1, 0.15) is 11.1 Å². The number of pyridine rings is 1. The predicted octanol–water partition coefficient (Wildman–Crippen LogP) is 2.67. The van der Waals surface area contributed by atoms with Crippen molar-refractivity contribution in [2.45, 2.75) is 6.92 Å². The molecule has 0 fully saturated rings. The van der Waals surface area contributed by atoms with E-state index < -0.39 is 0 Å². The number of halogens is 1. The Kier molecular flexibility index (Phi) is 2.99. The van der Waals surface area contributed by atoms with Crippen molar-refractivity contribution in [3.63, 3.8) is 0 Å². The second-order valence-corrected chi connectivity index (χ2v) is 4.07. The van der Waals surface area contributed by atoms with Crippen molar-refractivity contribution in [3.8, 4) is 11.8 Å². The van der Waals surface area contributed by atoms with E-state index in [1.165, 1.54) is 4.57 Å². The molecule has 0 saturated heterocycles. The first-order chi connectivity index (χ1) is 8.13. The van der Waals surface area contributed by atoms with Gasteiger partial charge in [0.1, 0.15) is 11.6 Å². The average molecular weight is 245 g/mol. The van der Waals surface area contributed by atoms with Crippen molar-refractivity contribution < 1.29 is 0 Å². The number of aryl methyl sites for hydroxylation is 1. The van der Waals surface area contributed by atoms with E-state index in [0.717, 1.165) is 0 Å². The van der Waals surface area contributed by atoms with Gasteiger partial charge in [-0.15, -0.1) is 0 Å². The van der Waals surface area contributed by atoms with Crippen LogP contribution in [0.2, 0.25) is 5.02 Å². The van der Waals surface area contributed by atoms with Gasteiger partial charge in [-0.25, -0.2) is 0 Å². The SMILES string of the molecule is Cc1ccn(-c2ccc(Cl)cc2)c(=O)c1C#N. The van der Waals surface area contributed by atoms with E-state index in [-0.39, 0.29) is 11.1 Å². The lowest BCUT2D eigenvalue weighted by molar-refractivity contribution is 0.973. The highest BCUT2D eigenvalue weighted by Crippen LogP contribution is 2.12. The Bertz CT molecular complexity index is 651. The lowest BCUT2D eigenvalue weighted by Gasteiger charge is -2.07. The van der Waals surface area contributed by atoms with Gasteiger partial charge in [0.2, 0.25) is 0 Å². The minimum atomic E-state index is -0.310. The van der Waals surface area contributed by atoms with Crippen LogP contribution in [0.4, 0.5) is 0 Å². The molecule has 0 bridgehead atoms. The predicted molar refractivity (Wildman–Crippen MR) is 66.5 cm³/mol. The molecule has 4 heteroatoms. The first-order valence-electron chi connectivity index (χ1n) is 5.02. The van der Waals surface area contributed by atoms with Crippen LogP contribution in [0.25, 0.3) is 5.69 Å². The maximum absolute atomic E-state index is 12.0. The minimum Gasteiger partial charge on any atom is -0.283 e. The fourth-order valence-corrected chi connectivity index (χ4v) is 1.69. The van der Waals surface area contributed by atoms with Crippen molar-refractivity contribution in [2.24, 2.45) is 0 Å². The van der Waals surface area contributed by atoms with Gasteiger partial charge in [0.15, 0.2) is 0 Å². The van der Waals surface area contributed by atoms with Crippen molar-refractivity contribution in [1.82, 2.24) is 4.57 Å². The van der Waals surface area contributed by atoms with E-state index in [0.29, 0.717) is 16.3 Å². The maximum atomic E-state index is 12.0. The fourth-order valence-electron chi connectivity index (χ4n) is 1.57. The molecule has 1 aromatic carbocycles. The molecule has 2 aromatic rings. The van der Waals surface area contributed by atoms with Crippen LogP contribution in [0.15, 0.2) is 41.3 Å². The number of nitrogens with zero attached hydrogens (tertiary/aromatic N) is 2. The normalized spacial score (nSPS) is 9.94. The van der Waals surface area contributed by atoms with Crippen molar-refractivity contribution >= 4 is 11.6 Å². The molecule has 1 aromatic heterocycles. The van der Waals surface area contributed by atoms with Crippen LogP contribution < -0.4 is 5.56 Å². The third-order valence-electron chi connectivity index (χ3n) is 2.52. The molecule has 0 aliphatic carbocycles. The van der Waals surface area contributed by atoms with E-state index in [9.17, 15) is 4.79 Å². The Balaban J connectivity index is 2.66. The van der Waals surface area contributed by atoms with Crippen LogP contribution in [0.3, 0.4) is 0 Å². The Morgan fingerprint density at radius 3 is 2.47 bits per heavy atom. The Morgan fingerprint density at radius 2 is 1.88 bits per heavy atom. The highest BCUT2D eigenvalue weighted by molar-refractivity contribution is 6.30. The molecule has 17 heavy (non-hydrogen) atoms. The Labute approximate surface area is 104 Å². The summed E-state index contributed by atoms with van der Waals surface area (Å²) in [6.07, 6.45) is 1.65. The van der Waals surface area contributed by atoms with Gasteiger partial charge in [0, 0.05) is 16.9 Å². The minimum absolute atomic E-state index is 0.169. The monoisotopic (exact) mass is 244 g/mol. The van der Waals surface area contributed by atoms with Gasteiger partial charge < -0.3 is 0 Å². The van der Waals surface area contributed by atoms with E-state index in [2.05, 4.69) is 0 Å². The van der Waals surface area contributed by atoms with Gasteiger partial charge in [-0.2, -0.15) is 5.26 Å². The zero-order valence-electron chi connectivity index (χ0n) is 9.14. The number of aromatic nitrogens is 1. The first kappa shape index (κ1) is 11.4. The van der Waals surface area contributed by atoms with Crippen molar-refractivity contribution in [3.05, 3.63) is 63.0 Å². The molecular formula is C13H9ClN2O. The second-order valence-electron chi connectivity index (χ2n) is 3.64. The Morgan fingerprint density at radius 1 is 1.24 bits per heavy atom. The van der Waals surface area contributed by atoms with Gasteiger partial charge in [-0.1, -0.05) is 11.6 Å². The molecule has 0 spiro atoms. The summed E-state index contributed by atoms with van der Waals surface area (Å²) < 4.78 is 1.43. The van der Waals surface area contributed by atoms with E-state index >= 15 is 0 Å². The lowest BCUT2D eigenvalue weighted by Crippen LogP contribution is -2.21. The zero-order chi connectivity index (χ0) is 12.4.